The first-order valence-electron chi connectivity index (χ1n) is 23.7. The normalized spacial score (nSPS) is 16.7. The van der Waals surface area contributed by atoms with Crippen LogP contribution >= 0.6 is 0 Å². The summed E-state index contributed by atoms with van der Waals surface area (Å²) in [6.07, 6.45) is -0.453. The van der Waals surface area contributed by atoms with E-state index in [0.29, 0.717) is 0 Å². The second kappa shape index (κ2) is 20.8. The molecule has 0 fully saturated rings. The number of allylic oxidation sites excluding steroid dienone is 4. The van der Waals surface area contributed by atoms with Gasteiger partial charge >= 0.3 is 0 Å². The molecule has 34 heteroatoms. The van der Waals surface area contributed by atoms with Crippen molar-refractivity contribution in [3.8, 4) is 0 Å². The third-order valence-corrected chi connectivity index (χ3v) is 14.5. The van der Waals surface area contributed by atoms with Crippen LogP contribution in [0.1, 0.15) is 56.2 Å². The molecule has 6 aromatic carbocycles. The van der Waals surface area contributed by atoms with Crippen molar-refractivity contribution < 1.29 is 132 Å². The highest BCUT2D eigenvalue weighted by molar-refractivity contribution is 6.29. The summed E-state index contributed by atoms with van der Waals surface area (Å²) in [6.45, 7) is 0. The van der Waals surface area contributed by atoms with Crippen molar-refractivity contribution in [3.63, 3.8) is 0 Å². The van der Waals surface area contributed by atoms with E-state index in [2.05, 4.69) is 9.98 Å². The Balaban J connectivity index is 1.49. The number of halogens is 30. The predicted molar refractivity (Wildman–Crippen MR) is 244 cm³/mol. The van der Waals surface area contributed by atoms with Crippen molar-refractivity contribution in [1.82, 2.24) is 9.97 Å². The summed E-state index contributed by atoms with van der Waals surface area (Å²) in [5.74, 6) is -97.2. The average molecular weight is 1310 g/mol. The molecular formula is C56H10F30N4. The van der Waals surface area contributed by atoms with E-state index < -0.39 is 275 Å². The van der Waals surface area contributed by atoms with Crippen LogP contribution < -0.4 is 0 Å². The smallest absolute Gasteiger partial charge is 0.200 e. The van der Waals surface area contributed by atoms with E-state index in [1.54, 1.807) is 9.97 Å². The van der Waals surface area contributed by atoms with Crippen molar-refractivity contribution in [3.05, 3.63) is 291 Å². The monoisotopic (exact) mass is 1310 g/mol. The Bertz CT molecular complexity index is 4370. The van der Waals surface area contributed by atoms with Crippen LogP contribution in [0.15, 0.2) is 69.9 Å². The highest BCUT2D eigenvalue weighted by atomic mass is 19.2. The maximum absolute atomic E-state index is 17.0. The largest absolute Gasteiger partial charge is 0.357 e. The Morgan fingerprint density at radius 3 is 0.656 bits per heavy atom. The fraction of sp³-hybridized carbons (Fsp3) is 0.0357. The molecule has 0 amide bonds. The molecule has 3 aliphatic rings. The fourth-order valence-corrected chi connectivity index (χ4v) is 10.7. The number of nitrogens with one attached hydrogen (secondary N) is 2. The first-order chi connectivity index (χ1) is 42.2. The summed E-state index contributed by atoms with van der Waals surface area (Å²) >= 11 is 0. The first kappa shape index (κ1) is 61.7. The minimum atomic E-state index is -4.95. The van der Waals surface area contributed by atoms with E-state index in [1.807, 2.05) is 0 Å². The van der Waals surface area contributed by atoms with E-state index in [-0.39, 0.29) is 48.6 Å². The number of hydrogen-bond acceptors (Lipinski definition) is 2. The van der Waals surface area contributed by atoms with Gasteiger partial charge in [-0.2, -0.15) is 0 Å². The molecule has 5 heterocycles. The maximum atomic E-state index is 17.0. The van der Waals surface area contributed by atoms with Gasteiger partial charge in [0.05, 0.1) is 56.2 Å². The lowest BCUT2D eigenvalue weighted by Gasteiger charge is -2.35. The molecule has 3 aliphatic heterocycles. The van der Waals surface area contributed by atoms with Gasteiger partial charge in [-0.1, -0.05) is 0 Å². The molecule has 8 aromatic rings. The maximum Gasteiger partial charge on any atom is 0.200 e. The molecule has 0 unspecified atom stereocenters. The number of aromatic amines is 2. The minimum Gasteiger partial charge on any atom is -0.357 e. The number of aromatic nitrogens is 2. The Morgan fingerprint density at radius 2 is 0.422 bits per heavy atom. The zero-order valence-corrected chi connectivity index (χ0v) is 41.9. The molecule has 90 heavy (non-hydrogen) atoms. The standard InChI is InChI=1S/C56H10F30N4/c57-25-19(26(58)38(70)49(81)37(25)69)17-9-1-5-13(87-9)55(21-29(61)41(73)51(83)42(74)30(21)62,22-31(63)43(75)52(84)44(76)32(22)64)14-7-3-11(89-14)18(20-27(59)39(71)50(82)40(72)28(20)60)12-4-8-16(90-12)56(15-6-2-10(17)88-15,23-33(65)45(77)53(85)46(78)34(23)66)24-35(67)47(79)54(86)48(80)36(24)68/h1-8,87,89H/b17-10+,18-12+. The molecule has 4 nitrogen and oxygen atoms in total. The molecule has 0 saturated heterocycles. The highest BCUT2D eigenvalue weighted by Gasteiger charge is 2.57. The second-order valence-electron chi connectivity index (χ2n) is 18.9. The number of benzene rings is 6. The molecule has 8 bridgehead atoms. The number of fused-ring (bicyclic) bond motifs is 6. The zero-order valence-electron chi connectivity index (χ0n) is 41.9. The van der Waals surface area contributed by atoms with E-state index in [9.17, 15) is 8.78 Å². The summed E-state index contributed by atoms with van der Waals surface area (Å²) in [6, 6.07) is -0.255. The molecule has 11 rings (SSSR count). The number of aliphatic imine (C=N–C) groups is 2. The molecule has 0 spiro atoms. The SMILES string of the molecule is Fc1c(F)c(F)c(/C2=C3\C=CC(=N3)C(c3c(F)c(F)c(F)c(F)c3F)(c3c(F)c(F)c(F)c(F)c3F)C3=N/C(=C(/c4c(F)c(F)c(F)c(F)c4F)c4ccc([nH]4)C(c4c(F)c(F)c(F)c(F)c4F)(c4c(F)c(F)c(F)c(F)c4F)c4ccc2[nH]4)C=C3)c(F)c1F. The molecule has 2 N–H and O–H groups in total. The highest BCUT2D eigenvalue weighted by Crippen LogP contribution is 2.54. The summed E-state index contributed by atoms with van der Waals surface area (Å²) in [5.41, 5.74) is -46.4. The number of nitrogens with zero attached hydrogens (tertiary/aromatic N) is 2. The van der Waals surface area contributed by atoms with Gasteiger partial charge in [0, 0.05) is 33.9 Å². The number of rotatable bonds is 6. The Labute approximate surface area is 475 Å². The van der Waals surface area contributed by atoms with Crippen molar-refractivity contribution in [2.45, 2.75) is 10.8 Å². The van der Waals surface area contributed by atoms with Crippen molar-refractivity contribution in [2.24, 2.45) is 9.98 Å². The summed E-state index contributed by atoms with van der Waals surface area (Å²) < 4.78 is 480. The first-order valence-corrected chi connectivity index (χ1v) is 23.7. The van der Waals surface area contributed by atoms with Gasteiger partial charge < -0.3 is 9.97 Å². The Hall–Kier alpha value is -9.92. The van der Waals surface area contributed by atoms with Crippen molar-refractivity contribution in [2.75, 3.05) is 0 Å². The summed E-state index contributed by atoms with van der Waals surface area (Å²) in [4.78, 5) is 10.5. The van der Waals surface area contributed by atoms with Crippen molar-refractivity contribution in [1.29, 1.82) is 0 Å². The van der Waals surface area contributed by atoms with Crippen LogP contribution in [0.3, 0.4) is 0 Å². The van der Waals surface area contributed by atoms with Gasteiger partial charge in [-0.3, -0.25) is 9.98 Å². The number of H-pyrrole nitrogens is 2. The third-order valence-electron chi connectivity index (χ3n) is 14.5. The molecule has 2 aromatic heterocycles. The quantitative estimate of drug-likeness (QED) is 0.0947. The lowest BCUT2D eigenvalue weighted by molar-refractivity contribution is 0.344. The van der Waals surface area contributed by atoms with Crippen LogP contribution in [-0.4, -0.2) is 21.4 Å². The van der Waals surface area contributed by atoms with Crippen LogP contribution in [0.25, 0.3) is 11.1 Å². The van der Waals surface area contributed by atoms with Crippen molar-refractivity contribution >= 4 is 22.6 Å². The predicted octanol–water partition coefficient (Wildman–Crippen LogP) is 16.4. The van der Waals surface area contributed by atoms with E-state index in [0.717, 1.165) is 0 Å². The summed E-state index contributed by atoms with van der Waals surface area (Å²) in [7, 11) is 0. The summed E-state index contributed by atoms with van der Waals surface area (Å²) in [5, 5.41) is 0. The Morgan fingerprint density at radius 1 is 0.222 bits per heavy atom. The topological polar surface area (TPSA) is 56.3 Å². The number of hydrogen-bond donors (Lipinski definition) is 2. The molecule has 0 radical (unpaired) electrons. The van der Waals surface area contributed by atoms with Crippen LogP contribution in [-0.2, 0) is 10.8 Å². The molecular weight excluding hydrogens is 1300 g/mol. The lowest BCUT2D eigenvalue weighted by atomic mass is 9.66. The van der Waals surface area contributed by atoms with Gasteiger partial charge in [0.15, 0.2) is 140 Å². The van der Waals surface area contributed by atoms with Gasteiger partial charge in [0.1, 0.15) is 10.8 Å². The van der Waals surface area contributed by atoms with Crippen LogP contribution in [0.5, 0.6) is 0 Å². The molecule has 0 aliphatic carbocycles. The molecule has 0 saturated carbocycles. The minimum absolute atomic E-state index is 0.0236. The van der Waals surface area contributed by atoms with Crippen LogP contribution in [0.4, 0.5) is 132 Å². The van der Waals surface area contributed by atoms with Crippen LogP contribution in [0.2, 0.25) is 0 Å². The molecule has 464 valence electrons. The third kappa shape index (κ3) is 7.92. The Kier molecular flexibility index (Phi) is 14.3. The fourth-order valence-electron chi connectivity index (χ4n) is 10.7. The van der Waals surface area contributed by atoms with E-state index in [1.165, 1.54) is 0 Å². The van der Waals surface area contributed by atoms with Gasteiger partial charge in [0.25, 0.3) is 0 Å². The lowest BCUT2D eigenvalue weighted by Crippen LogP contribution is -2.47. The zero-order chi connectivity index (χ0) is 66.0. The van der Waals surface area contributed by atoms with Gasteiger partial charge in [-0.05, 0) is 48.6 Å². The van der Waals surface area contributed by atoms with E-state index in [4.69, 9.17) is 0 Å². The second-order valence-corrected chi connectivity index (χ2v) is 18.9. The molecule has 0 atom stereocenters. The van der Waals surface area contributed by atoms with Gasteiger partial charge in [-0.25, -0.2) is 132 Å². The van der Waals surface area contributed by atoms with Crippen LogP contribution in [0, 0.1) is 175 Å². The van der Waals surface area contributed by atoms with Gasteiger partial charge in [-0.15, -0.1) is 0 Å². The van der Waals surface area contributed by atoms with Gasteiger partial charge in [0.2, 0.25) is 34.9 Å². The van der Waals surface area contributed by atoms with E-state index >= 15 is 123 Å². The average Bonchev–Trinajstić information content (AvgIpc) is 1.39.